The van der Waals surface area contributed by atoms with E-state index < -0.39 is 0 Å². The number of rotatable bonds is 4. The number of halogens is 2. The third-order valence-electron chi connectivity index (χ3n) is 4.30. The Hall–Kier alpha value is -2.57. The fourth-order valence-electron chi connectivity index (χ4n) is 3.07. The van der Waals surface area contributed by atoms with Crippen LogP contribution in [0.25, 0.3) is 5.69 Å². The van der Waals surface area contributed by atoms with Crippen molar-refractivity contribution in [1.29, 1.82) is 0 Å². The van der Waals surface area contributed by atoms with E-state index in [1.165, 1.54) is 6.92 Å². The Bertz CT molecular complexity index is 1060. The minimum absolute atomic E-state index is 0.197. The first kappa shape index (κ1) is 20.2. The molecule has 0 spiro atoms. The van der Waals surface area contributed by atoms with Gasteiger partial charge in [0.25, 0.3) is 5.91 Å². The Balaban J connectivity index is 1.91. The zero-order chi connectivity index (χ0) is 20.4. The molecular weight excluding hydrogens is 442 g/mol. The van der Waals surface area contributed by atoms with Crippen molar-refractivity contribution in [3.8, 4) is 5.69 Å². The third kappa shape index (κ3) is 4.29. The molecular formula is C21H19BrClN3O2. The highest BCUT2D eigenvalue weighted by Crippen LogP contribution is 2.28. The second kappa shape index (κ2) is 8.20. The van der Waals surface area contributed by atoms with Crippen LogP contribution in [-0.4, -0.2) is 16.4 Å². The zero-order valence-corrected chi connectivity index (χ0v) is 18.0. The van der Waals surface area contributed by atoms with E-state index in [0.717, 1.165) is 21.5 Å². The van der Waals surface area contributed by atoms with Gasteiger partial charge in [0.15, 0.2) is 0 Å². The van der Waals surface area contributed by atoms with Gasteiger partial charge in [0.1, 0.15) is 0 Å². The summed E-state index contributed by atoms with van der Waals surface area (Å²) in [6.45, 7) is 5.28. The van der Waals surface area contributed by atoms with Crippen LogP contribution in [0, 0.1) is 13.8 Å². The zero-order valence-electron chi connectivity index (χ0n) is 15.6. The smallest absolute Gasteiger partial charge is 0.257 e. The van der Waals surface area contributed by atoms with Crippen LogP contribution < -0.4 is 10.6 Å². The first-order chi connectivity index (χ1) is 13.3. The lowest BCUT2D eigenvalue weighted by Crippen LogP contribution is -2.14. The van der Waals surface area contributed by atoms with Crippen LogP contribution in [0.1, 0.15) is 28.7 Å². The van der Waals surface area contributed by atoms with E-state index in [1.807, 2.05) is 48.7 Å². The number of hydrogen-bond acceptors (Lipinski definition) is 2. The molecule has 3 rings (SSSR count). The number of anilines is 2. The number of carbonyl (C=O) groups is 2. The van der Waals surface area contributed by atoms with Crippen molar-refractivity contribution in [2.45, 2.75) is 20.8 Å². The van der Waals surface area contributed by atoms with Gasteiger partial charge in [0.2, 0.25) is 5.91 Å². The lowest BCUT2D eigenvalue weighted by Gasteiger charge is -2.11. The Morgan fingerprint density at radius 3 is 2.32 bits per heavy atom. The van der Waals surface area contributed by atoms with Gasteiger partial charge in [-0.05, 0) is 62.4 Å². The number of amides is 2. The fraction of sp³-hybridized carbons (Fsp3) is 0.143. The highest BCUT2D eigenvalue weighted by Gasteiger charge is 2.18. The summed E-state index contributed by atoms with van der Waals surface area (Å²) in [7, 11) is 0. The molecule has 2 amide bonds. The number of nitrogens with zero attached hydrogens (tertiary/aromatic N) is 1. The molecule has 0 saturated carbocycles. The van der Waals surface area contributed by atoms with Gasteiger partial charge in [-0.1, -0.05) is 27.5 Å². The third-order valence-corrected chi connectivity index (χ3v) is 5.15. The van der Waals surface area contributed by atoms with E-state index >= 15 is 0 Å². The van der Waals surface area contributed by atoms with Crippen LogP contribution in [0.5, 0.6) is 0 Å². The molecule has 0 atom stereocenters. The second-order valence-corrected chi connectivity index (χ2v) is 7.75. The van der Waals surface area contributed by atoms with E-state index in [9.17, 15) is 9.59 Å². The molecule has 7 heteroatoms. The van der Waals surface area contributed by atoms with Crippen LogP contribution in [0.4, 0.5) is 11.4 Å². The molecule has 0 fully saturated rings. The minimum Gasteiger partial charge on any atom is -0.326 e. The Labute approximate surface area is 176 Å². The van der Waals surface area contributed by atoms with Crippen LogP contribution in [0.3, 0.4) is 0 Å². The lowest BCUT2D eigenvalue weighted by molar-refractivity contribution is -0.114. The summed E-state index contributed by atoms with van der Waals surface area (Å²) in [4.78, 5) is 24.2. The van der Waals surface area contributed by atoms with E-state index in [4.69, 9.17) is 11.6 Å². The van der Waals surface area contributed by atoms with Crippen molar-refractivity contribution in [3.63, 3.8) is 0 Å². The van der Waals surface area contributed by atoms with Gasteiger partial charge in [0.05, 0.1) is 16.3 Å². The fourth-order valence-corrected chi connectivity index (χ4v) is 3.50. The van der Waals surface area contributed by atoms with Gasteiger partial charge in [-0.2, -0.15) is 0 Å². The van der Waals surface area contributed by atoms with Gasteiger partial charge in [-0.15, -0.1) is 0 Å². The Morgan fingerprint density at radius 2 is 1.68 bits per heavy atom. The average molecular weight is 461 g/mol. The first-order valence-electron chi connectivity index (χ1n) is 8.59. The van der Waals surface area contributed by atoms with Crippen molar-refractivity contribution >= 4 is 50.7 Å². The van der Waals surface area contributed by atoms with E-state index in [1.54, 1.807) is 18.2 Å². The molecule has 0 bridgehead atoms. The van der Waals surface area contributed by atoms with Crippen molar-refractivity contribution in [3.05, 3.63) is 75.0 Å². The predicted octanol–water partition coefficient (Wildman–Crippen LogP) is 5.72. The molecule has 0 aliphatic rings. The van der Waals surface area contributed by atoms with Gasteiger partial charge in [-0.3, -0.25) is 9.59 Å². The van der Waals surface area contributed by atoms with Crippen molar-refractivity contribution in [2.24, 2.45) is 0 Å². The SMILES string of the molecule is CC(=O)Nc1ccc(Cl)c(NC(=O)c2cc(C)n(-c3ccc(Br)cc3)c2C)c1. The topological polar surface area (TPSA) is 63.1 Å². The summed E-state index contributed by atoms with van der Waals surface area (Å²) in [6.07, 6.45) is 0. The number of hydrogen-bond donors (Lipinski definition) is 2. The van der Waals surface area contributed by atoms with Crippen LogP contribution in [-0.2, 0) is 4.79 Å². The molecule has 0 unspecified atom stereocenters. The van der Waals surface area contributed by atoms with Gasteiger partial charge in [-0.25, -0.2) is 0 Å². The average Bonchev–Trinajstić information content (AvgIpc) is 2.93. The predicted molar refractivity (Wildman–Crippen MR) is 117 cm³/mol. The Morgan fingerprint density at radius 1 is 1.00 bits per heavy atom. The van der Waals surface area contributed by atoms with Crippen LogP contribution >= 0.6 is 27.5 Å². The number of nitrogens with one attached hydrogen (secondary N) is 2. The van der Waals surface area contributed by atoms with Crippen molar-refractivity contribution in [2.75, 3.05) is 10.6 Å². The highest BCUT2D eigenvalue weighted by atomic mass is 79.9. The summed E-state index contributed by atoms with van der Waals surface area (Å²) >= 11 is 9.65. The summed E-state index contributed by atoms with van der Waals surface area (Å²) in [5.41, 5.74) is 4.30. The lowest BCUT2D eigenvalue weighted by atomic mass is 10.2. The maximum atomic E-state index is 12.9. The molecule has 5 nitrogen and oxygen atoms in total. The number of benzene rings is 2. The summed E-state index contributed by atoms with van der Waals surface area (Å²) in [5, 5.41) is 5.91. The molecule has 2 N–H and O–H groups in total. The number of aryl methyl sites for hydroxylation is 1. The van der Waals surface area contributed by atoms with Crippen LogP contribution in [0.15, 0.2) is 53.0 Å². The minimum atomic E-state index is -0.265. The molecule has 2 aromatic carbocycles. The first-order valence-corrected chi connectivity index (χ1v) is 9.76. The second-order valence-electron chi connectivity index (χ2n) is 6.43. The molecule has 144 valence electrons. The molecule has 1 aromatic heterocycles. The van der Waals surface area contributed by atoms with Crippen molar-refractivity contribution in [1.82, 2.24) is 4.57 Å². The summed E-state index contributed by atoms with van der Waals surface area (Å²) < 4.78 is 3.02. The largest absolute Gasteiger partial charge is 0.326 e. The summed E-state index contributed by atoms with van der Waals surface area (Å²) in [6, 6.07) is 14.7. The molecule has 0 aliphatic carbocycles. The highest BCUT2D eigenvalue weighted by molar-refractivity contribution is 9.10. The van der Waals surface area contributed by atoms with E-state index in [0.29, 0.717) is 22.0 Å². The number of aromatic nitrogens is 1. The monoisotopic (exact) mass is 459 g/mol. The quantitative estimate of drug-likeness (QED) is 0.523. The molecule has 0 radical (unpaired) electrons. The molecule has 0 aliphatic heterocycles. The molecule has 0 saturated heterocycles. The van der Waals surface area contributed by atoms with Crippen molar-refractivity contribution < 1.29 is 9.59 Å². The Kier molecular flexibility index (Phi) is 5.91. The summed E-state index contributed by atoms with van der Waals surface area (Å²) in [5.74, 6) is -0.462. The van der Waals surface area contributed by atoms with Gasteiger partial charge < -0.3 is 15.2 Å². The molecule has 28 heavy (non-hydrogen) atoms. The maximum absolute atomic E-state index is 12.9. The standard InChI is InChI=1S/C21H19BrClN3O2/c1-12-10-18(13(2)26(12)17-7-4-15(22)5-8-17)21(28)25-20-11-16(24-14(3)27)6-9-19(20)23/h4-11H,1-3H3,(H,24,27)(H,25,28). The van der Waals surface area contributed by atoms with E-state index in [2.05, 4.69) is 26.6 Å². The number of carbonyl (C=O) groups excluding carboxylic acids is 2. The van der Waals surface area contributed by atoms with Gasteiger partial charge >= 0.3 is 0 Å². The maximum Gasteiger partial charge on any atom is 0.257 e. The van der Waals surface area contributed by atoms with E-state index in [-0.39, 0.29) is 11.8 Å². The van der Waals surface area contributed by atoms with Crippen LogP contribution in [0.2, 0.25) is 5.02 Å². The van der Waals surface area contributed by atoms with Gasteiger partial charge in [0, 0.05) is 34.2 Å². The molecule has 1 heterocycles. The molecule has 3 aromatic rings. The normalized spacial score (nSPS) is 10.6.